The summed E-state index contributed by atoms with van der Waals surface area (Å²) in [6.07, 6.45) is 5.65. The van der Waals surface area contributed by atoms with E-state index in [9.17, 15) is 14.4 Å². The zero-order chi connectivity index (χ0) is 25.2. The van der Waals surface area contributed by atoms with Crippen molar-refractivity contribution in [1.29, 1.82) is 0 Å². The minimum absolute atomic E-state index is 0.149. The summed E-state index contributed by atoms with van der Waals surface area (Å²) < 4.78 is 4.74. The first kappa shape index (κ1) is 25.8. The van der Waals surface area contributed by atoms with Gasteiger partial charge in [-0.3, -0.25) is 10.2 Å². The van der Waals surface area contributed by atoms with E-state index in [4.69, 9.17) is 4.74 Å². The average molecular weight is 480 g/mol. The molecule has 0 aromatic heterocycles. The number of nitrogens with one attached hydrogen (secondary N) is 4. The smallest absolute Gasteiger partial charge is 0.341 e. The number of aryl methyl sites for hydroxylation is 1. The molecule has 3 rings (SSSR count). The quantitative estimate of drug-likeness (QED) is 0.318. The van der Waals surface area contributed by atoms with Gasteiger partial charge in [0.15, 0.2) is 0 Å². The number of nitrogens with zero attached hydrogens (tertiary/aromatic N) is 1. The van der Waals surface area contributed by atoms with Gasteiger partial charge in [0, 0.05) is 13.1 Å². The van der Waals surface area contributed by atoms with Crippen molar-refractivity contribution < 1.29 is 19.1 Å². The van der Waals surface area contributed by atoms with Crippen LogP contribution in [0.3, 0.4) is 0 Å². The summed E-state index contributed by atoms with van der Waals surface area (Å²) in [5.74, 6) is -1.21. The maximum absolute atomic E-state index is 12.8. The largest absolute Gasteiger partial charge is 0.469 e. The van der Waals surface area contributed by atoms with Crippen LogP contribution in [0.25, 0.3) is 5.57 Å². The SMILES string of the molecule is COC(=O)[C@@H](C)CN(C(=O)NCc1ccc(C)cc1)C(=O)NNNc1ccc(C2=CCCC2)cc1. The first-order valence-electron chi connectivity index (χ1n) is 11.7. The van der Waals surface area contributed by atoms with E-state index in [-0.39, 0.29) is 13.1 Å². The molecule has 0 saturated heterocycles. The van der Waals surface area contributed by atoms with Crippen molar-refractivity contribution in [1.82, 2.24) is 21.2 Å². The number of carbonyl (C=O) groups is 3. The fourth-order valence-electron chi connectivity index (χ4n) is 3.71. The highest BCUT2D eigenvalue weighted by molar-refractivity contribution is 5.94. The third-order valence-corrected chi connectivity index (χ3v) is 5.79. The molecule has 35 heavy (non-hydrogen) atoms. The van der Waals surface area contributed by atoms with Crippen LogP contribution in [0.5, 0.6) is 0 Å². The fourth-order valence-corrected chi connectivity index (χ4v) is 3.71. The number of carbonyl (C=O) groups excluding carboxylic acids is 3. The number of hydrogen-bond acceptors (Lipinski definition) is 6. The number of anilines is 1. The lowest BCUT2D eigenvalue weighted by Crippen LogP contribution is -2.54. The van der Waals surface area contributed by atoms with Crippen LogP contribution in [0.15, 0.2) is 54.6 Å². The molecule has 0 fully saturated rings. The Balaban J connectivity index is 1.56. The number of allylic oxidation sites excluding steroid dienone is 2. The molecule has 4 amide bonds. The normalized spacial score (nSPS) is 13.4. The number of hydrazine groups is 2. The van der Waals surface area contributed by atoms with E-state index < -0.39 is 23.9 Å². The molecule has 0 heterocycles. The van der Waals surface area contributed by atoms with Crippen LogP contribution in [0.4, 0.5) is 15.3 Å². The van der Waals surface area contributed by atoms with Crippen LogP contribution in [0.2, 0.25) is 0 Å². The van der Waals surface area contributed by atoms with Crippen molar-refractivity contribution in [2.45, 2.75) is 39.7 Å². The predicted octanol–water partition coefficient (Wildman–Crippen LogP) is 4.12. The highest BCUT2D eigenvalue weighted by atomic mass is 16.5. The van der Waals surface area contributed by atoms with Gasteiger partial charge < -0.3 is 15.5 Å². The second-order valence-electron chi connectivity index (χ2n) is 8.56. The molecule has 0 bridgehead atoms. The molecule has 1 atom stereocenters. The number of amides is 4. The van der Waals surface area contributed by atoms with Crippen LogP contribution in [-0.2, 0) is 16.1 Å². The second-order valence-corrected chi connectivity index (χ2v) is 8.56. The average Bonchev–Trinajstić information content (AvgIpc) is 3.41. The molecular formula is C26H33N5O4. The molecule has 0 spiro atoms. The van der Waals surface area contributed by atoms with Crippen molar-refractivity contribution in [3.8, 4) is 0 Å². The number of methoxy groups -OCH3 is 1. The summed E-state index contributed by atoms with van der Waals surface area (Å²) in [6.45, 7) is 3.66. The van der Waals surface area contributed by atoms with Crippen LogP contribution >= 0.6 is 0 Å². The van der Waals surface area contributed by atoms with Gasteiger partial charge in [0.2, 0.25) is 0 Å². The third-order valence-electron chi connectivity index (χ3n) is 5.79. The highest BCUT2D eigenvalue weighted by Gasteiger charge is 2.26. The molecule has 9 heteroatoms. The summed E-state index contributed by atoms with van der Waals surface area (Å²) in [4.78, 5) is 38.4. The Morgan fingerprint density at radius 3 is 2.37 bits per heavy atom. The lowest BCUT2D eigenvalue weighted by Gasteiger charge is -2.24. The molecule has 1 aliphatic carbocycles. The minimum Gasteiger partial charge on any atom is -0.469 e. The Morgan fingerprint density at radius 1 is 1.03 bits per heavy atom. The lowest BCUT2D eigenvalue weighted by molar-refractivity contribution is -0.144. The zero-order valence-corrected chi connectivity index (χ0v) is 20.4. The van der Waals surface area contributed by atoms with E-state index in [0.29, 0.717) is 0 Å². The summed E-state index contributed by atoms with van der Waals surface area (Å²) in [6, 6.07) is 14.2. The molecule has 0 aliphatic heterocycles. The highest BCUT2D eigenvalue weighted by Crippen LogP contribution is 2.28. The lowest BCUT2D eigenvalue weighted by atomic mass is 10.1. The van der Waals surface area contributed by atoms with Crippen molar-refractivity contribution in [3.05, 3.63) is 71.3 Å². The zero-order valence-electron chi connectivity index (χ0n) is 20.4. The Kier molecular flexibility index (Phi) is 9.25. The van der Waals surface area contributed by atoms with Crippen LogP contribution in [0, 0.1) is 12.8 Å². The number of ether oxygens (including phenoxy) is 1. The molecule has 4 N–H and O–H groups in total. The molecule has 0 saturated carbocycles. The van der Waals surface area contributed by atoms with Crippen LogP contribution < -0.4 is 21.7 Å². The van der Waals surface area contributed by atoms with Crippen molar-refractivity contribution in [2.75, 3.05) is 19.1 Å². The molecular weight excluding hydrogens is 446 g/mol. The monoisotopic (exact) mass is 479 g/mol. The third kappa shape index (κ3) is 7.58. The van der Waals surface area contributed by atoms with Gasteiger partial charge >= 0.3 is 18.0 Å². The number of benzene rings is 2. The van der Waals surface area contributed by atoms with Crippen molar-refractivity contribution in [3.63, 3.8) is 0 Å². The van der Waals surface area contributed by atoms with Gasteiger partial charge in [-0.25, -0.2) is 14.5 Å². The summed E-state index contributed by atoms with van der Waals surface area (Å²) in [5.41, 5.74) is 13.2. The van der Waals surface area contributed by atoms with Crippen molar-refractivity contribution in [2.24, 2.45) is 5.92 Å². The Bertz CT molecular complexity index is 1050. The van der Waals surface area contributed by atoms with Gasteiger partial charge in [-0.15, -0.1) is 5.53 Å². The number of hydrogen-bond donors (Lipinski definition) is 4. The van der Waals surface area contributed by atoms with Crippen LogP contribution in [-0.4, -0.2) is 36.6 Å². The maximum atomic E-state index is 12.8. The predicted molar refractivity (Wildman–Crippen MR) is 135 cm³/mol. The Labute approximate surface area is 205 Å². The standard InChI is InChI=1S/C26H33N5O4/c1-18-8-10-20(11-9-18)16-27-25(33)31(17-19(2)24(32)35-3)26(34)29-30-28-23-14-12-22(13-15-23)21-6-4-5-7-21/h6,8-15,19,28,30H,4-5,7,16-17H2,1-3H3,(H,27,33)(H,29,34)/t19-/m0/s1. The molecule has 186 valence electrons. The van der Waals surface area contributed by atoms with E-state index in [0.717, 1.165) is 34.6 Å². The Morgan fingerprint density at radius 2 is 1.74 bits per heavy atom. The first-order valence-corrected chi connectivity index (χ1v) is 11.7. The maximum Gasteiger partial charge on any atom is 0.341 e. The molecule has 1 aliphatic rings. The molecule has 2 aromatic carbocycles. The van der Waals surface area contributed by atoms with E-state index >= 15 is 0 Å². The van der Waals surface area contributed by atoms with Gasteiger partial charge in [0.05, 0.1) is 18.7 Å². The van der Waals surface area contributed by atoms with E-state index in [1.807, 2.05) is 55.5 Å². The second kappa shape index (κ2) is 12.6. The van der Waals surface area contributed by atoms with Crippen molar-refractivity contribution >= 4 is 29.3 Å². The summed E-state index contributed by atoms with van der Waals surface area (Å²) in [7, 11) is 1.26. The molecule has 2 aromatic rings. The van der Waals surface area contributed by atoms with Gasteiger partial charge in [0.1, 0.15) is 0 Å². The number of imide groups is 1. The Hall–Kier alpha value is -3.85. The van der Waals surface area contributed by atoms with Gasteiger partial charge in [-0.05, 0) is 55.0 Å². The van der Waals surface area contributed by atoms with E-state index in [2.05, 4.69) is 27.8 Å². The summed E-state index contributed by atoms with van der Waals surface area (Å²) in [5, 5.41) is 2.72. The number of rotatable bonds is 9. The van der Waals surface area contributed by atoms with E-state index in [1.165, 1.54) is 24.7 Å². The minimum atomic E-state index is -0.720. The van der Waals surface area contributed by atoms with Gasteiger partial charge in [-0.1, -0.05) is 55.0 Å². The van der Waals surface area contributed by atoms with E-state index in [1.54, 1.807) is 6.92 Å². The van der Waals surface area contributed by atoms with Gasteiger partial charge in [-0.2, -0.15) is 0 Å². The summed E-state index contributed by atoms with van der Waals surface area (Å²) >= 11 is 0. The molecule has 0 unspecified atom stereocenters. The molecule has 0 radical (unpaired) electrons. The number of esters is 1. The van der Waals surface area contributed by atoms with Gasteiger partial charge in [0.25, 0.3) is 0 Å². The topological polar surface area (TPSA) is 112 Å². The first-order chi connectivity index (χ1) is 16.9. The molecule has 9 nitrogen and oxygen atoms in total. The number of urea groups is 2. The van der Waals surface area contributed by atoms with Crippen LogP contribution in [0.1, 0.15) is 42.9 Å². The fraction of sp³-hybridized carbons (Fsp3) is 0.346.